The molecule has 0 bridgehead atoms. The highest BCUT2D eigenvalue weighted by Crippen LogP contribution is 2.48. The van der Waals surface area contributed by atoms with Crippen molar-refractivity contribution in [2.75, 3.05) is 0 Å². The number of hydrogen-bond donors (Lipinski definition) is 0. The lowest BCUT2D eigenvalue weighted by atomic mass is 9.86. The fourth-order valence-electron chi connectivity index (χ4n) is 4.96. The van der Waals surface area contributed by atoms with E-state index in [9.17, 15) is 0 Å². The van der Waals surface area contributed by atoms with E-state index in [1.807, 2.05) is 42.6 Å². The number of thiophene rings is 1. The normalized spacial score (nSPS) is 11.3. The van der Waals surface area contributed by atoms with Crippen LogP contribution in [-0.2, 0) is 0 Å². The van der Waals surface area contributed by atoms with Crippen molar-refractivity contribution < 1.29 is 4.42 Å². The average Bonchev–Trinajstić information content (AvgIpc) is 3.67. The molecule has 0 N–H and O–H groups in total. The molecular formula is C32H20N2OS. The van der Waals surface area contributed by atoms with E-state index in [0.717, 1.165) is 61.1 Å². The maximum atomic E-state index is 5.90. The molecule has 0 spiro atoms. The molecule has 4 heteroatoms. The summed E-state index contributed by atoms with van der Waals surface area (Å²) >= 11 is 1.73. The molecular weight excluding hydrogens is 460 g/mol. The highest BCUT2D eigenvalue weighted by atomic mass is 32.1. The molecule has 3 nitrogen and oxygen atoms in total. The lowest BCUT2D eigenvalue weighted by Crippen LogP contribution is -1.96. The number of hydrogen-bond acceptors (Lipinski definition) is 4. The van der Waals surface area contributed by atoms with Gasteiger partial charge < -0.3 is 4.42 Å². The van der Waals surface area contributed by atoms with Crippen LogP contribution in [-0.4, -0.2) is 9.97 Å². The van der Waals surface area contributed by atoms with E-state index >= 15 is 0 Å². The predicted molar refractivity (Wildman–Crippen MR) is 149 cm³/mol. The standard InChI is InChI=1S/C32H20N2OS/c1-2-11-25-21(8-1)15-16-27(34-25)32-30-22(9-5-10-23(30)28-13-6-18-35-28)20-24(26-12-3-4-17-33-26)31(32)29-14-7-19-36-29/h1-20H. The van der Waals surface area contributed by atoms with Crippen LogP contribution in [0.4, 0.5) is 0 Å². The van der Waals surface area contributed by atoms with E-state index in [0.29, 0.717) is 0 Å². The summed E-state index contributed by atoms with van der Waals surface area (Å²) < 4.78 is 5.90. The largest absolute Gasteiger partial charge is 0.464 e. The molecule has 7 aromatic rings. The molecule has 7 rings (SSSR count). The summed E-state index contributed by atoms with van der Waals surface area (Å²) in [5.74, 6) is 0.838. The van der Waals surface area contributed by atoms with Crippen LogP contribution in [0.25, 0.3) is 66.0 Å². The maximum Gasteiger partial charge on any atom is 0.134 e. The summed E-state index contributed by atoms with van der Waals surface area (Å²) in [6.45, 7) is 0. The van der Waals surface area contributed by atoms with Gasteiger partial charge in [0.15, 0.2) is 0 Å². The van der Waals surface area contributed by atoms with Crippen LogP contribution in [0.5, 0.6) is 0 Å². The third-order valence-corrected chi connectivity index (χ3v) is 7.40. The van der Waals surface area contributed by atoms with Crippen molar-refractivity contribution in [2.45, 2.75) is 0 Å². The van der Waals surface area contributed by atoms with Crippen LogP contribution in [0, 0.1) is 0 Å². The van der Waals surface area contributed by atoms with Gasteiger partial charge in [-0.25, -0.2) is 4.98 Å². The third-order valence-electron chi connectivity index (χ3n) is 6.52. The summed E-state index contributed by atoms with van der Waals surface area (Å²) in [5.41, 5.74) is 7.21. The molecule has 0 aliphatic rings. The number of pyridine rings is 2. The first-order valence-electron chi connectivity index (χ1n) is 11.8. The third kappa shape index (κ3) is 3.43. The van der Waals surface area contributed by atoms with Gasteiger partial charge in [-0.15, -0.1) is 11.3 Å². The van der Waals surface area contributed by atoms with Gasteiger partial charge in [-0.3, -0.25) is 4.98 Å². The maximum absolute atomic E-state index is 5.90. The second-order valence-electron chi connectivity index (χ2n) is 8.64. The van der Waals surface area contributed by atoms with Crippen LogP contribution < -0.4 is 0 Å². The number of nitrogens with zero attached hydrogens (tertiary/aromatic N) is 2. The summed E-state index contributed by atoms with van der Waals surface area (Å²) in [6, 6.07) is 35.5. The molecule has 4 aromatic heterocycles. The van der Waals surface area contributed by atoms with Crippen molar-refractivity contribution in [3.63, 3.8) is 0 Å². The second-order valence-corrected chi connectivity index (χ2v) is 9.58. The van der Waals surface area contributed by atoms with Gasteiger partial charge in [0, 0.05) is 44.1 Å². The Bertz CT molecular complexity index is 1820. The van der Waals surface area contributed by atoms with Crippen LogP contribution in [0.2, 0.25) is 0 Å². The zero-order chi connectivity index (χ0) is 23.9. The molecule has 0 saturated carbocycles. The highest BCUT2D eigenvalue weighted by Gasteiger charge is 2.23. The van der Waals surface area contributed by atoms with Gasteiger partial charge >= 0.3 is 0 Å². The zero-order valence-electron chi connectivity index (χ0n) is 19.3. The van der Waals surface area contributed by atoms with Crippen LogP contribution in [0.3, 0.4) is 0 Å². The Morgan fingerprint density at radius 2 is 1.56 bits per heavy atom. The van der Waals surface area contributed by atoms with Crippen molar-refractivity contribution in [3.8, 4) is 44.3 Å². The molecule has 0 aliphatic heterocycles. The van der Waals surface area contributed by atoms with E-state index in [-0.39, 0.29) is 0 Å². The minimum Gasteiger partial charge on any atom is -0.464 e. The SMILES string of the molecule is c1ccc(-c2cc3cccc(-c4ccco4)c3c(-c3ccc4ccccc4n3)c2-c2cccs2)nc1. The fraction of sp³-hybridized carbons (Fsp3) is 0. The molecule has 0 saturated heterocycles. The first-order chi connectivity index (χ1) is 17.9. The van der Waals surface area contributed by atoms with Crippen molar-refractivity contribution >= 4 is 33.0 Å². The van der Waals surface area contributed by atoms with Gasteiger partial charge in [-0.05, 0) is 59.3 Å². The van der Waals surface area contributed by atoms with Crippen LogP contribution >= 0.6 is 11.3 Å². The van der Waals surface area contributed by atoms with E-state index in [1.54, 1.807) is 17.6 Å². The minimum absolute atomic E-state index is 0.838. The first-order valence-corrected chi connectivity index (χ1v) is 12.7. The van der Waals surface area contributed by atoms with Gasteiger partial charge in [-0.2, -0.15) is 0 Å². The number of para-hydroxylation sites is 1. The summed E-state index contributed by atoms with van der Waals surface area (Å²) in [5, 5.41) is 5.49. The predicted octanol–water partition coefficient (Wildman–Crippen LogP) is 9.11. The van der Waals surface area contributed by atoms with E-state index < -0.39 is 0 Å². The van der Waals surface area contributed by atoms with Gasteiger partial charge in [0.1, 0.15) is 5.76 Å². The Morgan fingerprint density at radius 3 is 2.39 bits per heavy atom. The van der Waals surface area contributed by atoms with Crippen LogP contribution in [0.1, 0.15) is 0 Å². The average molecular weight is 481 g/mol. The topological polar surface area (TPSA) is 38.9 Å². The van der Waals surface area contributed by atoms with Gasteiger partial charge in [-0.1, -0.05) is 54.6 Å². The Kier molecular flexibility index (Phi) is 4.97. The molecule has 0 amide bonds. The number of aromatic nitrogens is 2. The molecule has 0 radical (unpaired) electrons. The molecule has 3 aromatic carbocycles. The minimum atomic E-state index is 0.838. The fourth-order valence-corrected chi connectivity index (χ4v) is 5.75. The van der Waals surface area contributed by atoms with E-state index in [4.69, 9.17) is 14.4 Å². The van der Waals surface area contributed by atoms with Crippen molar-refractivity contribution in [1.29, 1.82) is 0 Å². The smallest absolute Gasteiger partial charge is 0.134 e. The molecule has 4 heterocycles. The molecule has 36 heavy (non-hydrogen) atoms. The van der Waals surface area contributed by atoms with Crippen molar-refractivity contribution in [1.82, 2.24) is 9.97 Å². The summed E-state index contributed by atoms with van der Waals surface area (Å²) in [6.07, 6.45) is 3.58. The quantitative estimate of drug-likeness (QED) is 0.252. The number of furan rings is 1. The Hall–Kier alpha value is -4.54. The Morgan fingerprint density at radius 1 is 0.639 bits per heavy atom. The molecule has 170 valence electrons. The molecule has 0 fully saturated rings. The molecule has 0 atom stereocenters. The number of benzene rings is 3. The van der Waals surface area contributed by atoms with Crippen LogP contribution in [0.15, 0.2) is 125 Å². The van der Waals surface area contributed by atoms with E-state index in [1.165, 1.54) is 4.88 Å². The number of fused-ring (bicyclic) bond motifs is 2. The lowest BCUT2D eigenvalue weighted by molar-refractivity contribution is 0.583. The van der Waals surface area contributed by atoms with Gasteiger partial charge in [0.05, 0.1) is 23.2 Å². The summed E-state index contributed by atoms with van der Waals surface area (Å²) in [7, 11) is 0. The monoisotopic (exact) mass is 480 g/mol. The van der Waals surface area contributed by atoms with Gasteiger partial charge in [0.2, 0.25) is 0 Å². The Labute approximate surface area is 212 Å². The van der Waals surface area contributed by atoms with Crippen molar-refractivity contribution in [3.05, 3.63) is 121 Å². The second kappa shape index (κ2) is 8.59. The zero-order valence-corrected chi connectivity index (χ0v) is 20.1. The lowest BCUT2D eigenvalue weighted by Gasteiger charge is -2.19. The highest BCUT2D eigenvalue weighted by molar-refractivity contribution is 7.13. The summed E-state index contributed by atoms with van der Waals surface area (Å²) in [4.78, 5) is 11.1. The number of rotatable bonds is 4. The Balaban J connectivity index is 1.69. The molecule has 0 unspecified atom stereocenters. The van der Waals surface area contributed by atoms with Gasteiger partial charge in [0.25, 0.3) is 0 Å². The first kappa shape index (κ1) is 20.8. The molecule has 0 aliphatic carbocycles. The van der Waals surface area contributed by atoms with E-state index in [2.05, 4.69) is 72.1 Å². The van der Waals surface area contributed by atoms with Crippen molar-refractivity contribution in [2.24, 2.45) is 0 Å².